The van der Waals surface area contributed by atoms with E-state index in [1.165, 1.54) is 5.56 Å². The van der Waals surface area contributed by atoms with Crippen LogP contribution in [0.15, 0.2) is 36.5 Å². The third-order valence-corrected chi connectivity index (χ3v) is 5.84. The van der Waals surface area contributed by atoms with E-state index < -0.39 is 0 Å². The first-order valence-corrected chi connectivity index (χ1v) is 11.1. The standard InChI is InChI=1S/C24H36N4O2/c1-18(2)17-30-22-7-5-19(6-8-22)15-23(20-9-12-27(3)13-10-20)24(29)25-16-21-11-14-28(4)26-21/h5-8,11,14,18,20,23H,9-10,12-13,15-17H2,1-4H3,(H,25,29). The van der Waals surface area contributed by atoms with Crippen LogP contribution in [0.25, 0.3) is 0 Å². The number of aryl methyl sites for hydroxylation is 1. The van der Waals surface area contributed by atoms with Crippen LogP contribution in [0, 0.1) is 17.8 Å². The quantitative estimate of drug-likeness (QED) is 0.687. The minimum atomic E-state index is -0.0233. The van der Waals surface area contributed by atoms with Crippen molar-refractivity contribution in [2.24, 2.45) is 24.8 Å². The molecule has 1 aromatic carbocycles. The van der Waals surface area contributed by atoms with Crippen LogP contribution in [0.2, 0.25) is 0 Å². The number of nitrogens with one attached hydrogen (secondary N) is 1. The third-order valence-electron chi connectivity index (χ3n) is 5.84. The summed E-state index contributed by atoms with van der Waals surface area (Å²) in [5.74, 6) is 1.91. The first-order valence-electron chi connectivity index (χ1n) is 11.1. The molecule has 1 N–H and O–H groups in total. The fourth-order valence-corrected chi connectivity index (χ4v) is 4.01. The second-order valence-electron chi connectivity index (χ2n) is 9.00. The van der Waals surface area contributed by atoms with Gasteiger partial charge in [0.25, 0.3) is 0 Å². The van der Waals surface area contributed by atoms with E-state index in [1.54, 1.807) is 4.68 Å². The highest BCUT2D eigenvalue weighted by Crippen LogP contribution is 2.28. The summed E-state index contributed by atoms with van der Waals surface area (Å²) in [5.41, 5.74) is 2.07. The normalized spacial score (nSPS) is 16.6. The molecule has 3 rings (SSSR count). The zero-order chi connectivity index (χ0) is 21.5. The van der Waals surface area contributed by atoms with E-state index in [4.69, 9.17) is 4.74 Å². The summed E-state index contributed by atoms with van der Waals surface area (Å²) in [6.07, 6.45) is 4.78. The monoisotopic (exact) mass is 412 g/mol. The van der Waals surface area contributed by atoms with Gasteiger partial charge in [0.2, 0.25) is 5.91 Å². The van der Waals surface area contributed by atoms with E-state index in [9.17, 15) is 4.79 Å². The van der Waals surface area contributed by atoms with Gasteiger partial charge in [0.15, 0.2) is 0 Å². The number of hydrogen-bond donors (Lipinski definition) is 1. The molecule has 6 heteroatoms. The molecule has 6 nitrogen and oxygen atoms in total. The molecule has 1 aromatic heterocycles. The van der Waals surface area contributed by atoms with E-state index in [0.29, 0.717) is 25.0 Å². The van der Waals surface area contributed by atoms with Gasteiger partial charge < -0.3 is 15.0 Å². The average Bonchev–Trinajstić information content (AvgIpc) is 3.15. The van der Waals surface area contributed by atoms with Gasteiger partial charge in [-0.1, -0.05) is 26.0 Å². The van der Waals surface area contributed by atoms with Crippen molar-refractivity contribution in [3.8, 4) is 5.75 Å². The second kappa shape index (κ2) is 10.6. The smallest absolute Gasteiger partial charge is 0.224 e. The molecular formula is C24H36N4O2. The average molecular weight is 413 g/mol. The second-order valence-corrected chi connectivity index (χ2v) is 9.00. The Kier molecular flexibility index (Phi) is 7.91. The summed E-state index contributed by atoms with van der Waals surface area (Å²) in [5, 5.41) is 7.50. The summed E-state index contributed by atoms with van der Waals surface area (Å²) in [7, 11) is 4.05. The first-order chi connectivity index (χ1) is 14.4. The third kappa shape index (κ3) is 6.59. The van der Waals surface area contributed by atoms with Crippen LogP contribution < -0.4 is 10.1 Å². The van der Waals surface area contributed by atoms with Crippen LogP contribution in [0.3, 0.4) is 0 Å². The van der Waals surface area contributed by atoms with Gasteiger partial charge in [0, 0.05) is 19.2 Å². The molecule has 1 saturated heterocycles. The molecule has 1 aliphatic rings. The van der Waals surface area contributed by atoms with E-state index in [0.717, 1.165) is 43.8 Å². The highest BCUT2D eigenvalue weighted by molar-refractivity contribution is 5.79. The van der Waals surface area contributed by atoms with Crippen LogP contribution in [0.4, 0.5) is 0 Å². The Morgan fingerprint density at radius 1 is 1.17 bits per heavy atom. The van der Waals surface area contributed by atoms with Gasteiger partial charge in [-0.25, -0.2) is 0 Å². The molecule has 0 radical (unpaired) electrons. The number of likely N-dealkylation sites (tertiary alicyclic amines) is 1. The summed E-state index contributed by atoms with van der Waals surface area (Å²) in [6.45, 7) is 7.58. The number of carbonyl (C=O) groups excluding carboxylic acids is 1. The zero-order valence-electron chi connectivity index (χ0n) is 18.8. The van der Waals surface area contributed by atoms with Gasteiger partial charge >= 0.3 is 0 Å². The van der Waals surface area contributed by atoms with Crippen molar-refractivity contribution in [2.45, 2.75) is 39.7 Å². The first kappa shape index (κ1) is 22.3. The maximum Gasteiger partial charge on any atom is 0.224 e. The molecule has 1 fully saturated rings. The van der Waals surface area contributed by atoms with E-state index in [2.05, 4.69) is 48.3 Å². The lowest BCUT2D eigenvalue weighted by Crippen LogP contribution is -2.41. The minimum Gasteiger partial charge on any atom is -0.493 e. The van der Waals surface area contributed by atoms with Crippen LogP contribution in [-0.4, -0.2) is 47.3 Å². The predicted octanol–water partition coefficient (Wildman–Crippen LogP) is 3.27. The molecule has 1 aliphatic heterocycles. The fourth-order valence-electron chi connectivity index (χ4n) is 4.01. The molecule has 2 aromatic rings. The molecule has 0 spiro atoms. The van der Waals surface area contributed by atoms with Crippen molar-refractivity contribution in [1.29, 1.82) is 0 Å². The SMILES string of the molecule is CC(C)COc1ccc(CC(C(=O)NCc2ccn(C)n2)C2CCN(C)CC2)cc1. The van der Waals surface area contributed by atoms with Crippen molar-refractivity contribution in [3.63, 3.8) is 0 Å². The Bertz CT molecular complexity index is 792. The Hall–Kier alpha value is -2.34. The summed E-state index contributed by atoms with van der Waals surface area (Å²) in [4.78, 5) is 15.5. The lowest BCUT2D eigenvalue weighted by molar-refractivity contribution is -0.127. The van der Waals surface area contributed by atoms with Gasteiger partial charge in [-0.3, -0.25) is 9.48 Å². The summed E-state index contributed by atoms with van der Waals surface area (Å²) in [6, 6.07) is 10.2. The van der Waals surface area contributed by atoms with Crippen molar-refractivity contribution in [2.75, 3.05) is 26.7 Å². The van der Waals surface area contributed by atoms with Crippen LogP contribution >= 0.6 is 0 Å². The topological polar surface area (TPSA) is 59.4 Å². The van der Waals surface area contributed by atoms with Crippen LogP contribution in [0.1, 0.15) is 37.9 Å². The summed E-state index contributed by atoms with van der Waals surface area (Å²) < 4.78 is 7.56. The van der Waals surface area contributed by atoms with Crippen LogP contribution in [-0.2, 0) is 24.8 Å². The Labute approximate surface area is 180 Å². The number of rotatable bonds is 9. The number of hydrogen-bond acceptors (Lipinski definition) is 4. The number of benzene rings is 1. The molecule has 2 heterocycles. The highest BCUT2D eigenvalue weighted by Gasteiger charge is 2.30. The lowest BCUT2D eigenvalue weighted by atomic mass is 9.80. The van der Waals surface area contributed by atoms with Crippen molar-refractivity contribution < 1.29 is 9.53 Å². The number of aromatic nitrogens is 2. The molecule has 1 amide bonds. The van der Waals surface area contributed by atoms with Gasteiger partial charge in [-0.05, 0) is 75.0 Å². The number of ether oxygens (including phenoxy) is 1. The Morgan fingerprint density at radius 3 is 2.47 bits per heavy atom. The number of carbonyl (C=O) groups is 1. The number of piperidine rings is 1. The predicted molar refractivity (Wildman–Crippen MR) is 119 cm³/mol. The highest BCUT2D eigenvalue weighted by atomic mass is 16.5. The molecule has 1 unspecified atom stereocenters. The molecule has 164 valence electrons. The fraction of sp³-hybridized carbons (Fsp3) is 0.583. The van der Waals surface area contributed by atoms with Crippen molar-refractivity contribution in [3.05, 3.63) is 47.8 Å². The largest absolute Gasteiger partial charge is 0.493 e. The maximum absolute atomic E-state index is 13.2. The van der Waals surface area contributed by atoms with Crippen molar-refractivity contribution in [1.82, 2.24) is 20.0 Å². The van der Waals surface area contributed by atoms with E-state index in [1.807, 2.05) is 31.4 Å². The lowest BCUT2D eigenvalue weighted by Gasteiger charge is -2.33. The molecular weight excluding hydrogens is 376 g/mol. The molecule has 30 heavy (non-hydrogen) atoms. The zero-order valence-corrected chi connectivity index (χ0v) is 18.8. The molecule has 1 atom stereocenters. The number of nitrogens with zero attached hydrogens (tertiary/aromatic N) is 3. The van der Waals surface area contributed by atoms with E-state index >= 15 is 0 Å². The van der Waals surface area contributed by atoms with Crippen molar-refractivity contribution >= 4 is 5.91 Å². The maximum atomic E-state index is 13.2. The number of amides is 1. The Balaban J connectivity index is 1.65. The van der Waals surface area contributed by atoms with Gasteiger partial charge in [0.05, 0.1) is 18.8 Å². The van der Waals surface area contributed by atoms with Gasteiger partial charge in [-0.15, -0.1) is 0 Å². The van der Waals surface area contributed by atoms with Gasteiger partial charge in [-0.2, -0.15) is 5.10 Å². The molecule has 0 bridgehead atoms. The Morgan fingerprint density at radius 2 is 1.87 bits per heavy atom. The molecule has 0 saturated carbocycles. The molecule has 0 aliphatic carbocycles. The minimum absolute atomic E-state index is 0.0233. The van der Waals surface area contributed by atoms with E-state index in [-0.39, 0.29) is 11.8 Å². The summed E-state index contributed by atoms with van der Waals surface area (Å²) >= 11 is 0. The van der Waals surface area contributed by atoms with Gasteiger partial charge in [0.1, 0.15) is 5.75 Å². The van der Waals surface area contributed by atoms with Crippen LogP contribution in [0.5, 0.6) is 5.75 Å².